The van der Waals surface area contributed by atoms with Gasteiger partial charge in [0.05, 0.1) is 5.92 Å². The number of likely N-dealkylation sites (tertiary alicyclic amines) is 1. The Labute approximate surface area is 136 Å². The summed E-state index contributed by atoms with van der Waals surface area (Å²) in [6, 6.07) is 10.0. The molecule has 2 atom stereocenters. The van der Waals surface area contributed by atoms with Crippen LogP contribution < -0.4 is 0 Å². The van der Waals surface area contributed by atoms with E-state index in [0.717, 1.165) is 37.1 Å². The minimum Gasteiger partial charge on any atom is -0.481 e. The molecule has 5 heteroatoms. The fourth-order valence-electron chi connectivity index (χ4n) is 3.24. The number of carboxylic acids is 1. The van der Waals surface area contributed by atoms with Gasteiger partial charge < -0.3 is 5.11 Å². The second kappa shape index (κ2) is 7.33. The quantitative estimate of drug-likeness (QED) is 0.919. The van der Waals surface area contributed by atoms with Gasteiger partial charge in [0.2, 0.25) is 0 Å². The van der Waals surface area contributed by atoms with Crippen molar-refractivity contribution in [3.8, 4) is 0 Å². The van der Waals surface area contributed by atoms with E-state index in [9.17, 15) is 9.90 Å². The van der Waals surface area contributed by atoms with Gasteiger partial charge in [-0.1, -0.05) is 12.1 Å². The number of carboxylic acid groups (broad SMARTS) is 1. The first-order valence-corrected chi connectivity index (χ1v) is 8.00. The lowest BCUT2D eigenvalue weighted by Gasteiger charge is -2.37. The lowest BCUT2D eigenvalue weighted by atomic mass is 9.93. The van der Waals surface area contributed by atoms with Crippen LogP contribution in [0.2, 0.25) is 0 Å². The molecule has 2 aromatic heterocycles. The monoisotopic (exact) mass is 311 g/mol. The first kappa shape index (κ1) is 15.6. The summed E-state index contributed by atoms with van der Waals surface area (Å²) in [6.45, 7) is 1.50. The number of hydrogen-bond acceptors (Lipinski definition) is 4. The lowest BCUT2D eigenvalue weighted by Crippen LogP contribution is -2.41. The normalized spacial score (nSPS) is 20.1. The van der Waals surface area contributed by atoms with E-state index in [1.807, 2.05) is 30.5 Å². The van der Waals surface area contributed by atoms with Gasteiger partial charge in [0.1, 0.15) is 0 Å². The molecule has 0 aromatic carbocycles. The van der Waals surface area contributed by atoms with E-state index in [0.29, 0.717) is 6.54 Å². The highest BCUT2D eigenvalue weighted by molar-refractivity contribution is 5.70. The molecule has 3 rings (SSSR count). The Morgan fingerprint density at radius 1 is 1.30 bits per heavy atom. The van der Waals surface area contributed by atoms with Crippen LogP contribution >= 0.6 is 0 Å². The van der Waals surface area contributed by atoms with Crippen LogP contribution in [0.5, 0.6) is 0 Å². The van der Waals surface area contributed by atoms with Crippen molar-refractivity contribution in [2.24, 2.45) is 5.92 Å². The number of rotatable bonds is 5. The molecule has 0 saturated carbocycles. The Balaban J connectivity index is 1.84. The van der Waals surface area contributed by atoms with Crippen LogP contribution in [-0.4, -0.2) is 39.0 Å². The third-order valence-electron chi connectivity index (χ3n) is 4.44. The van der Waals surface area contributed by atoms with E-state index >= 15 is 0 Å². The molecule has 0 spiro atoms. The van der Waals surface area contributed by atoms with E-state index in [2.05, 4.69) is 20.9 Å². The second-order valence-electron chi connectivity index (χ2n) is 6.00. The zero-order valence-corrected chi connectivity index (χ0v) is 13.0. The predicted molar refractivity (Wildman–Crippen MR) is 86.9 cm³/mol. The third kappa shape index (κ3) is 3.93. The first-order valence-electron chi connectivity index (χ1n) is 8.00. The SMILES string of the molecule is O=C(O)C1CCCN(C(Cc2ccccn2)c2cccnc2)C1. The van der Waals surface area contributed by atoms with E-state index in [-0.39, 0.29) is 12.0 Å². The second-order valence-corrected chi connectivity index (χ2v) is 6.00. The first-order chi connectivity index (χ1) is 11.2. The van der Waals surface area contributed by atoms with Crippen molar-refractivity contribution in [2.45, 2.75) is 25.3 Å². The van der Waals surface area contributed by atoms with Crippen LogP contribution in [0.3, 0.4) is 0 Å². The van der Waals surface area contributed by atoms with Crippen molar-refractivity contribution >= 4 is 5.97 Å². The van der Waals surface area contributed by atoms with Crippen molar-refractivity contribution in [1.29, 1.82) is 0 Å². The van der Waals surface area contributed by atoms with Gasteiger partial charge in [0.25, 0.3) is 0 Å². The van der Waals surface area contributed by atoms with Crippen molar-refractivity contribution in [3.63, 3.8) is 0 Å². The Morgan fingerprint density at radius 2 is 2.22 bits per heavy atom. The summed E-state index contributed by atoms with van der Waals surface area (Å²) >= 11 is 0. The van der Waals surface area contributed by atoms with Crippen molar-refractivity contribution in [2.75, 3.05) is 13.1 Å². The molecule has 5 nitrogen and oxygen atoms in total. The molecule has 1 N–H and O–H groups in total. The highest BCUT2D eigenvalue weighted by Crippen LogP contribution is 2.29. The average Bonchev–Trinajstić information content (AvgIpc) is 2.61. The van der Waals surface area contributed by atoms with Crippen LogP contribution in [0.15, 0.2) is 48.9 Å². The maximum atomic E-state index is 11.4. The molecule has 0 bridgehead atoms. The van der Waals surface area contributed by atoms with Gasteiger partial charge >= 0.3 is 5.97 Å². The molecule has 120 valence electrons. The summed E-state index contributed by atoms with van der Waals surface area (Å²) in [4.78, 5) is 22.3. The Morgan fingerprint density at radius 3 is 2.91 bits per heavy atom. The van der Waals surface area contributed by atoms with E-state index in [1.165, 1.54) is 0 Å². The summed E-state index contributed by atoms with van der Waals surface area (Å²) in [5, 5.41) is 9.35. The highest BCUT2D eigenvalue weighted by Gasteiger charge is 2.30. The van der Waals surface area contributed by atoms with Gasteiger partial charge in [0.15, 0.2) is 0 Å². The predicted octanol–water partition coefficient (Wildman–Crippen LogP) is 2.56. The Kier molecular flexibility index (Phi) is 4.98. The zero-order valence-electron chi connectivity index (χ0n) is 13.0. The fraction of sp³-hybridized carbons (Fsp3) is 0.389. The molecule has 1 fully saturated rings. The molecule has 2 aromatic rings. The van der Waals surface area contributed by atoms with E-state index < -0.39 is 5.97 Å². The molecule has 0 radical (unpaired) electrons. The van der Waals surface area contributed by atoms with Crippen molar-refractivity contribution in [1.82, 2.24) is 14.9 Å². The summed E-state index contributed by atoms with van der Waals surface area (Å²) in [7, 11) is 0. The number of carbonyl (C=O) groups is 1. The number of piperidine rings is 1. The zero-order chi connectivity index (χ0) is 16.1. The maximum Gasteiger partial charge on any atom is 0.307 e. The molecule has 2 unspecified atom stereocenters. The van der Waals surface area contributed by atoms with Gasteiger partial charge in [0, 0.05) is 43.3 Å². The fourth-order valence-corrected chi connectivity index (χ4v) is 3.24. The summed E-state index contributed by atoms with van der Waals surface area (Å²) in [5.41, 5.74) is 2.13. The molecule has 1 saturated heterocycles. The summed E-state index contributed by atoms with van der Waals surface area (Å²) < 4.78 is 0. The molecular weight excluding hydrogens is 290 g/mol. The standard InChI is InChI=1S/C18H21N3O2/c22-18(23)15-6-4-10-21(13-15)17(14-5-3-8-19-12-14)11-16-7-1-2-9-20-16/h1-3,5,7-9,12,15,17H,4,6,10-11,13H2,(H,22,23). The number of aromatic nitrogens is 2. The smallest absolute Gasteiger partial charge is 0.307 e. The molecule has 1 aliphatic heterocycles. The van der Waals surface area contributed by atoms with Gasteiger partial charge in [-0.05, 0) is 43.1 Å². The molecular formula is C18H21N3O2. The number of hydrogen-bond donors (Lipinski definition) is 1. The molecule has 23 heavy (non-hydrogen) atoms. The van der Waals surface area contributed by atoms with Crippen LogP contribution in [0, 0.1) is 5.92 Å². The minimum atomic E-state index is -0.697. The molecule has 3 heterocycles. The highest BCUT2D eigenvalue weighted by atomic mass is 16.4. The Bertz CT molecular complexity index is 633. The number of nitrogens with zero attached hydrogens (tertiary/aromatic N) is 3. The van der Waals surface area contributed by atoms with Gasteiger partial charge in [-0.3, -0.25) is 19.7 Å². The maximum absolute atomic E-state index is 11.4. The van der Waals surface area contributed by atoms with Gasteiger partial charge in [-0.15, -0.1) is 0 Å². The van der Waals surface area contributed by atoms with Gasteiger partial charge in [-0.25, -0.2) is 0 Å². The van der Waals surface area contributed by atoms with Crippen LogP contribution in [-0.2, 0) is 11.2 Å². The lowest BCUT2D eigenvalue weighted by molar-refractivity contribution is -0.144. The van der Waals surface area contributed by atoms with Gasteiger partial charge in [-0.2, -0.15) is 0 Å². The van der Waals surface area contributed by atoms with E-state index in [4.69, 9.17) is 0 Å². The third-order valence-corrected chi connectivity index (χ3v) is 4.44. The molecule has 0 aliphatic carbocycles. The topological polar surface area (TPSA) is 66.3 Å². The minimum absolute atomic E-state index is 0.112. The van der Waals surface area contributed by atoms with Crippen LogP contribution in [0.4, 0.5) is 0 Å². The van der Waals surface area contributed by atoms with Crippen LogP contribution in [0.1, 0.15) is 30.1 Å². The van der Waals surface area contributed by atoms with Crippen molar-refractivity contribution < 1.29 is 9.90 Å². The summed E-state index contributed by atoms with van der Waals surface area (Å²) in [5.74, 6) is -0.982. The van der Waals surface area contributed by atoms with E-state index in [1.54, 1.807) is 12.4 Å². The van der Waals surface area contributed by atoms with Crippen molar-refractivity contribution in [3.05, 3.63) is 60.2 Å². The van der Waals surface area contributed by atoms with Crippen LogP contribution in [0.25, 0.3) is 0 Å². The number of aliphatic carboxylic acids is 1. The number of pyridine rings is 2. The average molecular weight is 311 g/mol. The molecule has 0 amide bonds. The molecule has 1 aliphatic rings. The Hall–Kier alpha value is -2.27. The summed E-state index contributed by atoms with van der Waals surface area (Å²) in [6.07, 6.45) is 7.87. The largest absolute Gasteiger partial charge is 0.481 e.